The summed E-state index contributed by atoms with van der Waals surface area (Å²) in [6.07, 6.45) is 1.69. The van der Waals surface area contributed by atoms with Gasteiger partial charge in [-0.1, -0.05) is 18.7 Å². The SMILES string of the molecule is CNCC(C)CSc1nc(C)co1. The van der Waals surface area contributed by atoms with Gasteiger partial charge < -0.3 is 9.73 Å². The van der Waals surface area contributed by atoms with Crippen LogP contribution in [0.1, 0.15) is 12.6 Å². The Morgan fingerprint density at radius 3 is 3.00 bits per heavy atom. The number of aromatic nitrogens is 1. The van der Waals surface area contributed by atoms with Gasteiger partial charge in [-0.2, -0.15) is 0 Å². The molecule has 13 heavy (non-hydrogen) atoms. The smallest absolute Gasteiger partial charge is 0.255 e. The fourth-order valence-corrected chi connectivity index (χ4v) is 1.89. The molecule has 0 bridgehead atoms. The summed E-state index contributed by atoms with van der Waals surface area (Å²) in [6, 6.07) is 0. The second kappa shape index (κ2) is 5.29. The Hall–Kier alpha value is -0.480. The molecule has 1 rings (SSSR count). The molecular weight excluding hydrogens is 184 g/mol. The monoisotopic (exact) mass is 200 g/mol. The third-order valence-corrected chi connectivity index (χ3v) is 2.81. The lowest BCUT2D eigenvalue weighted by atomic mass is 10.2. The van der Waals surface area contributed by atoms with Crippen molar-refractivity contribution in [3.05, 3.63) is 12.0 Å². The fourth-order valence-electron chi connectivity index (χ4n) is 1.02. The van der Waals surface area contributed by atoms with Crippen molar-refractivity contribution in [3.8, 4) is 0 Å². The molecule has 0 fully saturated rings. The molecular formula is C9H16N2OS. The highest BCUT2D eigenvalue weighted by Gasteiger charge is 2.05. The second-order valence-corrected chi connectivity index (χ2v) is 4.20. The van der Waals surface area contributed by atoms with E-state index in [0.29, 0.717) is 5.92 Å². The molecule has 3 nitrogen and oxygen atoms in total. The van der Waals surface area contributed by atoms with Crippen molar-refractivity contribution in [2.75, 3.05) is 19.3 Å². The van der Waals surface area contributed by atoms with Crippen LogP contribution in [0.4, 0.5) is 0 Å². The first kappa shape index (κ1) is 10.6. The summed E-state index contributed by atoms with van der Waals surface area (Å²) in [4.78, 5) is 4.22. The van der Waals surface area contributed by atoms with Crippen molar-refractivity contribution in [3.63, 3.8) is 0 Å². The van der Waals surface area contributed by atoms with Gasteiger partial charge in [0.05, 0.1) is 5.69 Å². The number of oxazole rings is 1. The van der Waals surface area contributed by atoms with E-state index < -0.39 is 0 Å². The number of rotatable bonds is 5. The molecule has 1 aromatic heterocycles. The van der Waals surface area contributed by atoms with Crippen LogP contribution in [0.25, 0.3) is 0 Å². The molecule has 1 atom stereocenters. The zero-order valence-corrected chi connectivity index (χ0v) is 9.15. The maximum absolute atomic E-state index is 5.22. The van der Waals surface area contributed by atoms with Crippen LogP contribution in [-0.4, -0.2) is 24.3 Å². The second-order valence-electron chi connectivity index (χ2n) is 3.23. The molecule has 4 heteroatoms. The van der Waals surface area contributed by atoms with Crippen molar-refractivity contribution in [2.24, 2.45) is 5.92 Å². The van der Waals surface area contributed by atoms with E-state index in [2.05, 4.69) is 17.2 Å². The third-order valence-electron chi connectivity index (χ3n) is 1.64. The molecule has 0 spiro atoms. The Bertz CT molecular complexity index is 250. The molecule has 1 aromatic rings. The molecule has 0 saturated heterocycles. The van der Waals surface area contributed by atoms with Crippen LogP contribution in [0.15, 0.2) is 15.9 Å². The van der Waals surface area contributed by atoms with Crippen LogP contribution in [0.5, 0.6) is 0 Å². The van der Waals surface area contributed by atoms with Gasteiger partial charge in [-0.05, 0) is 26.4 Å². The molecule has 1 heterocycles. The van der Waals surface area contributed by atoms with Crippen LogP contribution in [0.3, 0.4) is 0 Å². The fraction of sp³-hybridized carbons (Fsp3) is 0.667. The third kappa shape index (κ3) is 3.83. The minimum Gasteiger partial charge on any atom is -0.440 e. The maximum atomic E-state index is 5.22. The molecule has 1 unspecified atom stereocenters. The molecule has 0 amide bonds. The number of hydrogen-bond acceptors (Lipinski definition) is 4. The highest BCUT2D eigenvalue weighted by Crippen LogP contribution is 2.19. The van der Waals surface area contributed by atoms with Crippen LogP contribution >= 0.6 is 11.8 Å². The molecule has 0 aliphatic heterocycles. The topological polar surface area (TPSA) is 38.1 Å². The molecule has 1 N–H and O–H groups in total. The van der Waals surface area contributed by atoms with Crippen molar-refractivity contribution < 1.29 is 4.42 Å². The first-order valence-electron chi connectivity index (χ1n) is 4.42. The number of aryl methyl sites for hydroxylation is 1. The van der Waals surface area contributed by atoms with E-state index in [9.17, 15) is 0 Å². The minimum absolute atomic E-state index is 0.641. The lowest BCUT2D eigenvalue weighted by Crippen LogP contribution is -2.17. The molecule has 0 radical (unpaired) electrons. The predicted octanol–water partition coefficient (Wildman–Crippen LogP) is 1.93. The predicted molar refractivity (Wildman–Crippen MR) is 55.1 cm³/mol. The number of thioether (sulfide) groups is 1. The summed E-state index contributed by atoms with van der Waals surface area (Å²) in [5, 5.41) is 3.92. The van der Waals surface area contributed by atoms with Gasteiger partial charge in [0.1, 0.15) is 6.26 Å². The highest BCUT2D eigenvalue weighted by molar-refractivity contribution is 7.99. The number of hydrogen-bond donors (Lipinski definition) is 1. The van der Waals surface area contributed by atoms with E-state index in [1.54, 1.807) is 18.0 Å². The van der Waals surface area contributed by atoms with Gasteiger partial charge in [-0.15, -0.1) is 0 Å². The van der Waals surface area contributed by atoms with Crippen LogP contribution in [0.2, 0.25) is 0 Å². The van der Waals surface area contributed by atoms with E-state index in [1.807, 2.05) is 14.0 Å². The van der Waals surface area contributed by atoms with E-state index in [0.717, 1.165) is 23.2 Å². The van der Waals surface area contributed by atoms with Gasteiger partial charge in [0, 0.05) is 5.75 Å². The summed E-state index contributed by atoms with van der Waals surface area (Å²) < 4.78 is 5.22. The Morgan fingerprint density at radius 1 is 1.69 bits per heavy atom. The zero-order valence-electron chi connectivity index (χ0n) is 8.33. The largest absolute Gasteiger partial charge is 0.440 e. The van der Waals surface area contributed by atoms with E-state index in [1.165, 1.54) is 0 Å². The first-order valence-corrected chi connectivity index (χ1v) is 5.40. The number of nitrogens with one attached hydrogen (secondary N) is 1. The molecule has 0 saturated carbocycles. The van der Waals surface area contributed by atoms with Gasteiger partial charge in [-0.3, -0.25) is 0 Å². The molecule has 0 aliphatic rings. The summed E-state index contributed by atoms with van der Waals surface area (Å²) in [5.41, 5.74) is 0.948. The van der Waals surface area contributed by atoms with E-state index in [4.69, 9.17) is 4.42 Å². The van der Waals surface area contributed by atoms with Crippen LogP contribution in [-0.2, 0) is 0 Å². The summed E-state index contributed by atoms with van der Waals surface area (Å²) in [5.74, 6) is 1.68. The van der Waals surface area contributed by atoms with Gasteiger partial charge in [0.15, 0.2) is 0 Å². The van der Waals surface area contributed by atoms with Crippen molar-refractivity contribution in [1.82, 2.24) is 10.3 Å². The Morgan fingerprint density at radius 2 is 2.46 bits per heavy atom. The maximum Gasteiger partial charge on any atom is 0.255 e. The summed E-state index contributed by atoms with van der Waals surface area (Å²) in [7, 11) is 1.97. The number of nitrogens with zero attached hydrogens (tertiary/aromatic N) is 1. The van der Waals surface area contributed by atoms with Crippen LogP contribution < -0.4 is 5.32 Å². The van der Waals surface area contributed by atoms with E-state index >= 15 is 0 Å². The van der Waals surface area contributed by atoms with Gasteiger partial charge in [0.2, 0.25) is 0 Å². The van der Waals surface area contributed by atoms with Gasteiger partial charge in [0.25, 0.3) is 5.22 Å². The van der Waals surface area contributed by atoms with E-state index in [-0.39, 0.29) is 0 Å². The summed E-state index contributed by atoms with van der Waals surface area (Å²) in [6.45, 7) is 5.18. The highest BCUT2D eigenvalue weighted by atomic mass is 32.2. The molecule has 74 valence electrons. The lowest BCUT2D eigenvalue weighted by Gasteiger charge is -2.07. The quantitative estimate of drug-likeness (QED) is 0.737. The zero-order chi connectivity index (χ0) is 9.68. The Balaban J connectivity index is 2.26. The van der Waals surface area contributed by atoms with Crippen molar-refractivity contribution in [1.29, 1.82) is 0 Å². The first-order chi connectivity index (χ1) is 6.22. The van der Waals surface area contributed by atoms with Crippen LogP contribution in [0, 0.1) is 12.8 Å². The standard InChI is InChI=1S/C9H16N2OS/c1-7(4-10-3)6-13-9-11-8(2)5-12-9/h5,7,10H,4,6H2,1-3H3. The normalized spacial score (nSPS) is 13.2. The average molecular weight is 200 g/mol. The van der Waals surface area contributed by atoms with Crippen molar-refractivity contribution >= 4 is 11.8 Å². The summed E-state index contributed by atoms with van der Waals surface area (Å²) >= 11 is 1.67. The van der Waals surface area contributed by atoms with Gasteiger partial charge >= 0.3 is 0 Å². The van der Waals surface area contributed by atoms with Crippen molar-refractivity contribution in [2.45, 2.75) is 19.1 Å². The Kier molecular flexibility index (Phi) is 4.32. The average Bonchev–Trinajstić information content (AvgIpc) is 2.49. The van der Waals surface area contributed by atoms with Gasteiger partial charge in [-0.25, -0.2) is 4.98 Å². The lowest BCUT2D eigenvalue weighted by molar-refractivity contribution is 0.452. The Labute approximate surface area is 83.3 Å². The molecule has 0 aliphatic carbocycles. The minimum atomic E-state index is 0.641. The molecule has 0 aromatic carbocycles.